The fourth-order valence-corrected chi connectivity index (χ4v) is 6.63. The highest BCUT2D eigenvalue weighted by molar-refractivity contribution is 6.02. The van der Waals surface area contributed by atoms with Gasteiger partial charge >= 0.3 is 0 Å². The van der Waals surface area contributed by atoms with E-state index in [9.17, 15) is 28.8 Å². The Morgan fingerprint density at radius 2 is 1.80 bits per heavy atom. The molecule has 6 amide bonds. The molecule has 2 saturated heterocycles. The number of nitrogens with zero attached hydrogens (tertiary/aromatic N) is 8. The first-order valence-corrected chi connectivity index (χ1v) is 19.4. The molecule has 2 aliphatic heterocycles. The smallest absolute Gasteiger partial charge is 0.273 e. The molecule has 20 heteroatoms. The fourth-order valence-electron chi connectivity index (χ4n) is 6.63. The van der Waals surface area contributed by atoms with Gasteiger partial charge in [-0.1, -0.05) is 17.3 Å². The largest absolute Gasteiger partial charge is 0.347 e. The van der Waals surface area contributed by atoms with Crippen LogP contribution in [0.2, 0.25) is 0 Å². The third kappa shape index (κ3) is 10.7. The number of aromatic nitrogens is 7. The van der Waals surface area contributed by atoms with E-state index >= 15 is 4.39 Å². The van der Waals surface area contributed by atoms with E-state index in [1.807, 2.05) is 33.8 Å². The molecule has 0 spiro atoms. The van der Waals surface area contributed by atoms with Gasteiger partial charge in [0.05, 0.1) is 35.9 Å². The molecule has 2 fully saturated rings. The molecule has 59 heavy (non-hydrogen) atoms. The number of nitrogens with one attached hydrogen (secondary N) is 5. The zero-order valence-electron chi connectivity index (χ0n) is 33.5. The Balaban J connectivity index is 0.951. The number of likely N-dealkylation sites (tertiary alicyclic amines) is 1. The number of halogens is 1. The number of imide groups is 1. The fraction of sp³-hybridized carbons (Fsp3) is 0.462. The second kappa shape index (κ2) is 17.9. The van der Waals surface area contributed by atoms with Gasteiger partial charge in [-0.25, -0.2) is 19.0 Å². The van der Waals surface area contributed by atoms with Crippen molar-refractivity contribution >= 4 is 47.1 Å². The van der Waals surface area contributed by atoms with Crippen LogP contribution in [0.1, 0.15) is 93.9 Å². The number of piperidine rings is 2. The van der Waals surface area contributed by atoms with E-state index in [-0.39, 0.29) is 73.0 Å². The highest BCUT2D eigenvalue weighted by Gasteiger charge is 2.30. The normalized spacial score (nSPS) is 16.6. The molecule has 0 radical (unpaired) electrons. The summed E-state index contributed by atoms with van der Waals surface area (Å²) in [6.07, 6.45) is 7.54. The minimum Gasteiger partial charge on any atom is -0.347 e. The van der Waals surface area contributed by atoms with Crippen molar-refractivity contribution < 1.29 is 33.2 Å². The zero-order chi connectivity index (χ0) is 42.4. The second-order valence-corrected chi connectivity index (χ2v) is 15.7. The molecule has 2 aliphatic rings. The predicted molar refractivity (Wildman–Crippen MR) is 210 cm³/mol. The van der Waals surface area contributed by atoms with Crippen LogP contribution in [-0.2, 0) is 36.1 Å². The number of hydrogen-bond donors (Lipinski definition) is 5. The molecule has 4 aromatic rings. The lowest BCUT2D eigenvalue weighted by Crippen LogP contribution is -2.56. The number of carbonyl (C=O) groups excluding carboxylic acids is 6. The summed E-state index contributed by atoms with van der Waals surface area (Å²) >= 11 is 0. The minimum absolute atomic E-state index is 0.00932. The summed E-state index contributed by atoms with van der Waals surface area (Å²) in [5.74, 6) is -2.98. The number of anilines is 2. The van der Waals surface area contributed by atoms with Crippen molar-refractivity contribution in [2.75, 3.05) is 18.4 Å². The molecule has 0 unspecified atom stereocenters. The van der Waals surface area contributed by atoms with Crippen LogP contribution in [-0.4, -0.2) is 100 Å². The number of hydrogen-bond acceptors (Lipinski definition) is 12. The van der Waals surface area contributed by atoms with Crippen LogP contribution in [0.25, 0.3) is 11.3 Å². The van der Waals surface area contributed by atoms with E-state index < -0.39 is 41.5 Å². The standard InChI is InChI=1S/C39H48FN13O6/c1-22-16-24(6-7-25(22)17-41-36(58)30-21-53(50-49-30)39(3,4)5)34-28(40)19-42-38(48-34)45-26-18-43-52(20-26)27-12-14-51(15-13-27)33(56)11-10-31(54)44-23(2)35(57)46-29-8-9-32(55)47-37(29)59/h6-7,16,18-21,23,27,29H,8-15,17H2,1-5H3,(H,41,58)(H,44,54)(H,46,57)(H,42,45,48)(H,47,55,59)/t23-,29-/m0/s1. The Labute approximate surface area is 339 Å². The molecule has 19 nitrogen and oxygen atoms in total. The highest BCUT2D eigenvalue weighted by atomic mass is 19.1. The van der Waals surface area contributed by atoms with Gasteiger partial charge in [0.15, 0.2) is 11.5 Å². The lowest BCUT2D eigenvalue weighted by Gasteiger charge is -2.32. The summed E-state index contributed by atoms with van der Waals surface area (Å²) < 4.78 is 18.5. The lowest BCUT2D eigenvalue weighted by molar-refractivity contribution is -0.138. The van der Waals surface area contributed by atoms with E-state index in [0.717, 1.165) is 17.3 Å². The van der Waals surface area contributed by atoms with Gasteiger partial charge in [0, 0.05) is 50.7 Å². The van der Waals surface area contributed by atoms with E-state index in [4.69, 9.17) is 0 Å². The average molecular weight is 814 g/mol. The zero-order valence-corrected chi connectivity index (χ0v) is 33.5. The van der Waals surface area contributed by atoms with Gasteiger partial charge < -0.3 is 26.2 Å². The Morgan fingerprint density at radius 3 is 2.49 bits per heavy atom. The summed E-state index contributed by atoms with van der Waals surface area (Å²) in [5.41, 5.74) is 2.81. The van der Waals surface area contributed by atoms with E-state index in [1.54, 1.807) is 45.0 Å². The van der Waals surface area contributed by atoms with Crippen LogP contribution in [0.15, 0.2) is 43.0 Å². The number of rotatable bonds is 13. The van der Waals surface area contributed by atoms with Gasteiger partial charge in [-0.15, -0.1) is 5.10 Å². The van der Waals surface area contributed by atoms with Crippen molar-refractivity contribution in [2.24, 2.45) is 0 Å². The summed E-state index contributed by atoms with van der Waals surface area (Å²) in [5, 5.41) is 25.7. The molecule has 0 bridgehead atoms. The third-order valence-electron chi connectivity index (χ3n) is 10.2. The Hall–Kier alpha value is -6.60. The Morgan fingerprint density at radius 1 is 1.03 bits per heavy atom. The SMILES string of the molecule is Cc1cc(-c2nc(Nc3cnn(C4CCN(C(=O)CCC(=O)N[C@@H](C)C(=O)N[C@H]5CCC(=O)NC5=O)CC4)c3)ncc2F)ccc1CNC(=O)c1cn(C(C)(C)C)nn1. The van der Waals surface area contributed by atoms with Crippen LogP contribution in [0.5, 0.6) is 0 Å². The minimum atomic E-state index is -0.936. The first-order valence-electron chi connectivity index (χ1n) is 19.4. The van der Waals surface area contributed by atoms with Crippen molar-refractivity contribution in [3.8, 4) is 11.3 Å². The number of benzene rings is 1. The van der Waals surface area contributed by atoms with Crippen LogP contribution in [0.4, 0.5) is 16.0 Å². The van der Waals surface area contributed by atoms with Crippen LogP contribution >= 0.6 is 0 Å². The maximum atomic E-state index is 15.0. The third-order valence-corrected chi connectivity index (χ3v) is 10.2. The van der Waals surface area contributed by atoms with Crippen molar-refractivity contribution in [1.82, 2.24) is 60.9 Å². The molecular formula is C39H48FN13O6. The Bertz CT molecular complexity index is 2240. The first-order chi connectivity index (χ1) is 28.0. The number of carbonyl (C=O) groups is 6. The summed E-state index contributed by atoms with van der Waals surface area (Å²) in [6, 6.07) is 3.56. The second-order valence-electron chi connectivity index (χ2n) is 15.7. The summed E-state index contributed by atoms with van der Waals surface area (Å²) in [6.45, 7) is 10.4. The summed E-state index contributed by atoms with van der Waals surface area (Å²) in [4.78, 5) is 84.1. The molecule has 0 saturated carbocycles. The van der Waals surface area contributed by atoms with Crippen LogP contribution in [0.3, 0.4) is 0 Å². The quantitative estimate of drug-likeness (QED) is 0.122. The lowest BCUT2D eigenvalue weighted by atomic mass is 10.0. The molecular weight excluding hydrogens is 766 g/mol. The van der Waals surface area contributed by atoms with Crippen molar-refractivity contribution in [2.45, 2.75) is 103 Å². The number of aryl methyl sites for hydroxylation is 1. The molecule has 3 aromatic heterocycles. The highest BCUT2D eigenvalue weighted by Crippen LogP contribution is 2.27. The van der Waals surface area contributed by atoms with Gasteiger partial charge in [-0.05, 0) is 71.1 Å². The van der Waals surface area contributed by atoms with Crippen LogP contribution in [0, 0.1) is 12.7 Å². The summed E-state index contributed by atoms with van der Waals surface area (Å²) in [7, 11) is 0. The molecule has 2 atom stereocenters. The van der Waals surface area contributed by atoms with Crippen molar-refractivity contribution in [3.63, 3.8) is 0 Å². The van der Waals surface area contributed by atoms with Gasteiger partial charge in [0.25, 0.3) is 5.91 Å². The van der Waals surface area contributed by atoms with Gasteiger partial charge in [0.1, 0.15) is 17.8 Å². The van der Waals surface area contributed by atoms with Crippen LogP contribution < -0.4 is 26.6 Å². The first kappa shape index (κ1) is 42.0. The monoisotopic (exact) mass is 813 g/mol. The predicted octanol–water partition coefficient (Wildman–Crippen LogP) is 2.18. The van der Waals surface area contributed by atoms with Gasteiger partial charge in [0.2, 0.25) is 35.5 Å². The van der Waals surface area contributed by atoms with Crippen molar-refractivity contribution in [3.05, 3.63) is 65.6 Å². The molecule has 5 heterocycles. The van der Waals surface area contributed by atoms with Gasteiger partial charge in [-0.2, -0.15) is 5.10 Å². The molecule has 5 N–H and O–H groups in total. The average Bonchev–Trinajstić information content (AvgIpc) is 3.89. The van der Waals surface area contributed by atoms with E-state index in [0.29, 0.717) is 37.2 Å². The molecule has 0 aliphatic carbocycles. The molecule has 1 aromatic carbocycles. The van der Waals surface area contributed by atoms with E-state index in [2.05, 4.69) is 52.0 Å². The van der Waals surface area contributed by atoms with Gasteiger partial charge in [-0.3, -0.25) is 38.8 Å². The molecule has 312 valence electrons. The topological polar surface area (TPSA) is 240 Å². The number of amides is 6. The Kier molecular flexibility index (Phi) is 12.7. The maximum Gasteiger partial charge on any atom is 0.273 e. The van der Waals surface area contributed by atoms with E-state index in [1.165, 1.54) is 6.92 Å². The maximum absolute atomic E-state index is 15.0. The van der Waals surface area contributed by atoms with Crippen molar-refractivity contribution in [1.29, 1.82) is 0 Å². The molecule has 6 rings (SSSR count).